The maximum atomic E-state index is 13.8. The number of fused-ring (bicyclic) bond motifs is 6. The highest BCUT2D eigenvalue weighted by Crippen LogP contribution is 2.38. The number of carbonyl (C=O) groups is 6. The van der Waals surface area contributed by atoms with Crippen molar-refractivity contribution in [2.24, 2.45) is 5.92 Å². The quantitative estimate of drug-likeness (QED) is 0.0862. The molecule has 4 aliphatic heterocycles. The fourth-order valence-electron chi connectivity index (χ4n) is 13.3. The van der Waals surface area contributed by atoms with Gasteiger partial charge in [-0.2, -0.15) is 9.97 Å². The summed E-state index contributed by atoms with van der Waals surface area (Å²) in [6.45, 7) is 11.5. The van der Waals surface area contributed by atoms with E-state index in [0.29, 0.717) is 76.9 Å². The van der Waals surface area contributed by atoms with Gasteiger partial charge >= 0.3 is 6.09 Å². The van der Waals surface area contributed by atoms with Crippen LogP contribution >= 0.6 is 0 Å². The summed E-state index contributed by atoms with van der Waals surface area (Å²) < 4.78 is 9.57. The van der Waals surface area contributed by atoms with Crippen molar-refractivity contribution in [2.75, 3.05) is 65.0 Å². The molecule has 6 fully saturated rings. The molecule has 4 N–H and O–H groups in total. The molecule has 10 heterocycles. The molecule has 0 spiro atoms. The first-order chi connectivity index (χ1) is 41.2. The molecule has 4 bridgehead atoms. The van der Waals surface area contributed by atoms with Gasteiger partial charge in [0, 0.05) is 126 Å². The second-order valence-electron chi connectivity index (χ2n) is 25.7. The number of aromatic nitrogens is 8. The lowest BCUT2D eigenvalue weighted by molar-refractivity contribution is -0.140. The second kappa shape index (κ2) is 24.6. The average Bonchev–Trinajstić information content (AvgIpc) is 1.85. The lowest BCUT2D eigenvalue weighted by Crippen LogP contribution is -2.62. The van der Waals surface area contributed by atoms with E-state index in [4.69, 9.17) is 14.7 Å². The summed E-state index contributed by atoms with van der Waals surface area (Å²) in [5.41, 5.74) is 3.07. The molecule has 24 nitrogen and oxygen atoms in total. The number of piperazine rings is 2. The Bertz CT molecular complexity index is 3480. The van der Waals surface area contributed by atoms with Crippen molar-refractivity contribution in [1.82, 2.24) is 74.2 Å². The Morgan fingerprint density at radius 2 is 1.02 bits per heavy atom. The summed E-state index contributed by atoms with van der Waals surface area (Å²) in [6, 6.07) is 11.1. The minimum Gasteiger partial charge on any atom is -0.444 e. The van der Waals surface area contributed by atoms with Gasteiger partial charge < -0.3 is 59.6 Å². The molecule has 6 aromatic heterocycles. The fraction of sp³-hybridized carbons (Fsp3) is 0.548. The Kier molecular flexibility index (Phi) is 17.0. The van der Waals surface area contributed by atoms with Crippen molar-refractivity contribution < 1.29 is 33.5 Å². The number of ether oxygens (including phenoxy) is 1. The molecule has 6 aromatic rings. The van der Waals surface area contributed by atoms with Gasteiger partial charge in [0.25, 0.3) is 23.6 Å². The van der Waals surface area contributed by atoms with E-state index in [2.05, 4.69) is 50.3 Å². The van der Waals surface area contributed by atoms with Crippen LogP contribution in [-0.4, -0.2) is 189 Å². The van der Waals surface area contributed by atoms with E-state index in [0.717, 1.165) is 107 Å². The van der Waals surface area contributed by atoms with Crippen LogP contribution in [-0.2, 0) is 9.53 Å². The Hall–Kier alpha value is -8.28. The van der Waals surface area contributed by atoms with Crippen LogP contribution in [0.1, 0.15) is 165 Å². The minimum atomic E-state index is -0.723. The number of pyridine rings is 2. The lowest BCUT2D eigenvalue weighted by Gasteiger charge is -2.43. The molecule has 6 amide bonds. The van der Waals surface area contributed by atoms with Crippen LogP contribution in [0.25, 0.3) is 22.1 Å². The van der Waals surface area contributed by atoms with Gasteiger partial charge in [-0.15, -0.1) is 0 Å². The number of nitrogens with one attached hydrogen (secondary N) is 4. The first-order valence-corrected chi connectivity index (χ1v) is 30.5. The molecule has 86 heavy (non-hydrogen) atoms. The van der Waals surface area contributed by atoms with Crippen molar-refractivity contribution in [1.29, 1.82) is 0 Å². The molecule has 0 aromatic carbocycles. The van der Waals surface area contributed by atoms with E-state index in [1.54, 1.807) is 107 Å². The Morgan fingerprint density at radius 1 is 0.581 bits per heavy atom. The van der Waals surface area contributed by atoms with Crippen molar-refractivity contribution in [3.63, 3.8) is 0 Å². The predicted octanol–water partition coefficient (Wildman–Crippen LogP) is 7.71. The van der Waals surface area contributed by atoms with E-state index in [1.807, 2.05) is 35.8 Å². The highest BCUT2D eigenvalue weighted by Gasteiger charge is 2.47. The summed E-state index contributed by atoms with van der Waals surface area (Å²) in [5, 5.41) is 14.3. The van der Waals surface area contributed by atoms with Gasteiger partial charge in [-0.05, 0) is 114 Å². The molecular weight excluding hydrogens is 1090 g/mol. The maximum Gasteiger partial charge on any atom is 0.408 e. The zero-order chi connectivity index (χ0) is 60.7. The first kappa shape index (κ1) is 59.5. The second-order valence-corrected chi connectivity index (χ2v) is 25.7. The van der Waals surface area contributed by atoms with Gasteiger partial charge in [0.05, 0.1) is 11.1 Å². The van der Waals surface area contributed by atoms with Gasteiger partial charge in [-0.25, -0.2) is 24.7 Å². The van der Waals surface area contributed by atoms with Crippen LogP contribution in [0.4, 0.5) is 28.3 Å². The van der Waals surface area contributed by atoms with Gasteiger partial charge in [-0.1, -0.05) is 39.5 Å². The van der Waals surface area contributed by atoms with Crippen LogP contribution in [0.3, 0.4) is 0 Å². The number of likely N-dealkylation sites (tertiary alicyclic amines) is 2. The van der Waals surface area contributed by atoms with Crippen molar-refractivity contribution >= 4 is 81.2 Å². The molecule has 5 atom stereocenters. The van der Waals surface area contributed by atoms with Gasteiger partial charge in [-0.3, -0.25) is 24.0 Å². The normalized spacial score (nSPS) is 20.7. The largest absolute Gasteiger partial charge is 0.444 e. The van der Waals surface area contributed by atoms with Crippen molar-refractivity contribution in [3.8, 4) is 0 Å². The SMILES string of the molecule is CC(C)[C@@H](NC(=O)OC(C)(C)C)C(=O)N1C2CCC1CN(C(=O)c1ccc(Nc3ncc4cc(C(=O)N(C)C)n(C5CCCC5)c4n3)nc1)C2.CN(C)C(=O)c1cc2cnc(Nc3ccc(C(=O)N4CC5CCC(C4)N5)cn3)nc2n1C1CCCC1. The number of hydrogen-bond acceptors (Lipinski definition) is 16. The van der Waals surface area contributed by atoms with E-state index >= 15 is 0 Å². The van der Waals surface area contributed by atoms with Crippen LogP contribution in [0.5, 0.6) is 0 Å². The van der Waals surface area contributed by atoms with E-state index in [1.165, 1.54) is 6.20 Å². The third kappa shape index (κ3) is 12.7. The molecule has 456 valence electrons. The van der Waals surface area contributed by atoms with E-state index in [9.17, 15) is 28.8 Å². The molecule has 4 saturated heterocycles. The molecular formula is C62H81N17O7. The summed E-state index contributed by atoms with van der Waals surface area (Å²) in [4.78, 5) is 115. The number of amides is 6. The highest BCUT2D eigenvalue weighted by molar-refractivity contribution is 5.99. The van der Waals surface area contributed by atoms with Crippen LogP contribution < -0.4 is 21.3 Å². The van der Waals surface area contributed by atoms with Crippen LogP contribution in [0, 0.1) is 5.92 Å². The number of alkyl carbamates (subject to hydrolysis) is 1. The molecule has 2 aliphatic carbocycles. The van der Waals surface area contributed by atoms with E-state index in [-0.39, 0.29) is 59.6 Å². The van der Waals surface area contributed by atoms with Crippen molar-refractivity contribution in [3.05, 3.63) is 83.7 Å². The average molecular weight is 1180 g/mol. The van der Waals surface area contributed by atoms with Gasteiger partial charge in [0.15, 0.2) is 0 Å². The molecule has 24 heteroatoms. The van der Waals surface area contributed by atoms with Gasteiger partial charge in [0.1, 0.15) is 46.0 Å². The van der Waals surface area contributed by atoms with Crippen LogP contribution in [0.2, 0.25) is 0 Å². The van der Waals surface area contributed by atoms with E-state index < -0.39 is 17.7 Å². The monoisotopic (exact) mass is 1180 g/mol. The molecule has 0 radical (unpaired) electrons. The number of rotatable bonds is 13. The Balaban J connectivity index is 0.000000188. The minimum absolute atomic E-state index is 0.0256. The fourth-order valence-corrected chi connectivity index (χ4v) is 13.3. The molecule has 2 saturated carbocycles. The maximum absolute atomic E-state index is 13.8. The topological polar surface area (TPSA) is 263 Å². The molecule has 4 unspecified atom stereocenters. The zero-order valence-electron chi connectivity index (χ0n) is 50.9. The number of carbonyl (C=O) groups excluding carboxylic acids is 6. The van der Waals surface area contributed by atoms with Crippen molar-refractivity contribution in [2.45, 2.75) is 160 Å². The Morgan fingerprint density at radius 3 is 1.42 bits per heavy atom. The molecule has 6 aliphatic rings. The third-order valence-electron chi connectivity index (χ3n) is 17.4. The van der Waals surface area contributed by atoms with Gasteiger partial charge in [0.2, 0.25) is 17.8 Å². The predicted molar refractivity (Wildman–Crippen MR) is 325 cm³/mol. The number of anilines is 4. The first-order valence-electron chi connectivity index (χ1n) is 30.5. The smallest absolute Gasteiger partial charge is 0.408 e. The standard InChI is InChI=1S/C36H49N9O5.C26H32N8O2/c1-21(2)29(40-35(49)50-36(3,4)5)33(48)44-25-13-14-26(44)20-43(19-25)31(46)22-12-15-28(37-17-22)39-34-38-18-23-16-27(32(47)42(6)7)45(30(23)41-34)24-10-8-9-11-24;1-32(2)25(36)21-11-17-13-28-26(31-23(17)34(21)20-5-3-4-6-20)30-22-10-7-16(12-27-22)24(35)33-14-18-8-9-19(15-33)29-18/h12,15-18,21,24-26,29H,8-11,13-14,19-20H2,1-7H3,(H,40,49)(H,37,38,39,41);7,10-13,18-20,29H,3-6,8-9,14-15H2,1-2H3,(H,27,28,30,31)/t25?,26?,29-;/m1./s1. The lowest BCUT2D eigenvalue weighted by atomic mass is 10.0. The third-order valence-corrected chi connectivity index (χ3v) is 17.4. The summed E-state index contributed by atoms with van der Waals surface area (Å²) in [6.07, 6.45) is 18.5. The number of hydrogen-bond donors (Lipinski definition) is 4. The molecule has 12 rings (SSSR count). The highest BCUT2D eigenvalue weighted by atomic mass is 16.6. The number of nitrogens with zero attached hydrogens (tertiary/aromatic N) is 13. The summed E-state index contributed by atoms with van der Waals surface area (Å²) >= 11 is 0. The summed E-state index contributed by atoms with van der Waals surface area (Å²) in [7, 11) is 7.04. The zero-order valence-corrected chi connectivity index (χ0v) is 50.9. The summed E-state index contributed by atoms with van der Waals surface area (Å²) in [5.74, 6) is 1.31. The van der Waals surface area contributed by atoms with Crippen LogP contribution in [0.15, 0.2) is 61.2 Å². The Labute approximate surface area is 501 Å².